The average Bonchev–Trinajstić information content (AvgIpc) is 2.31. The van der Waals surface area contributed by atoms with Crippen molar-refractivity contribution in [1.29, 1.82) is 0 Å². The molecule has 1 aliphatic heterocycles. The lowest BCUT2D eigenvalue weighted by Crippen LogP contribution is -2.40. The predicted molar refractivity (Wildman–Crippen MR) is 65.1 cm³/mol. The summed E-state index contributed by atoms with van der Waals surface area (Å²) in [6, 6.07) is 10.4. The molecule has 0 saturated carbocycles. The summed E-state index contributed by atoms with van der Waals surface area (Å²) in [6.07, 6.45) is 2.03. The largest absolute Gasteiger partial charge is 0.298 e. The normalized spacial score (nSPS) is 22.3. The van der Waals surface area contributed by atoms with Gasteiger partial charge in [-0.3, -0.25) is 9.69 Å². The van der Waals surface area contributed by atoms with Crippen LogP contribution in [0.3, 0.4) is 0 Å². The molecule has 0 aromatic heterocycles. The molecule has 2 nitrogen and oxygen atoms in total. The quantitative estimate of drug-likeness (QED) is 0.775. The minimum absolute atomic E-state index is 0.312. The van der Waals surface area contributed by atoms with Gasteiger partial charge in [0.25, 0.3) is 0 Å². The van der Waals surface area contributed by atoms with Crippen LogP contribution in [-0.4, -0.2) is 23.8 Å². The first-order chi connectivity index (χ1) is 7.79. The zero-order valence-electron chi connectivity index (χ0n) is 9.86. The van der Waals surface area contributed by atoms with Gasteiger partial charge in [0.1, 0.15) is 5.78 Å². The van der Waals surface area contributed by atoms with E-state index in [1.165, 1.54) is 5.56 Å². The third-order valence-corrected chi connectivity index (χ3v) is 3.37. The van der Waals surface area contributed by atoms with Crippen LogP contribution in [0.5, 0.6) is 0 Å². The molecule has 0 bridgehead atoms. The number of likely N-dealkylation sites (tertiary alicyclic amines) is 1. The monoisotopic (exact) mass is 217 g/mol. The third-order valence-electron chi connectivity index (χ3n) is 3.37. The van der Waals surface area contributed by atoms with Crippen molar-refractivity contribution in [1.82, 2.24) is 4.90 Å². The first-order valence-corrected chi connectivity index (χ1v) is 6.08. The molecule has 1 aliphatic rings. The Bertz CT molecular complexity index is 347. The molecule has 86 valence electrons. The number of hydrogen-bond donors (Lipinski definition) is 0. The summed E-state index contributed by atoms with van der Waals surface area (Å²) >= 11 is 0. The van der Waals surface area contributed by atoms with Crippen LogP contribution in [0.15, 0.2) is 30.3 Å². The number of carbonyl (C=O) groups is 1. The fraction of sp³-hybridized carbons (Fsp3) is 0.500. The fourth-order valence-electron chi connectivity index (χ4n) is 2.34. The minimum Gasteiger partial charge on any atom is -0.298 e. The van der Waals surface area contributed by atoms with Crippen molar-refractivity contribution in [2.24, 2.45) is 5.92 Å². The Hall–Kier alpha value is -1.15. The summed E-state index contributed by atoms with van der Waals surface area (Å²) in [6.45, 7) is 4.70. The van der Waals surface area contributed by atoms with E-state index in [0.717, 1.165) is 25.9 Å². The van der Waals surface area contributed by atoms with Gasteiger partial charge in [0.05, 0.1) is 6.54 Å². The molecule has 1 saturated heterocycles. The molecule has 1 unspecified atom stereocenters. The predicted octanol–water partition coefficient (Wildman–Crippen LogP) is 2.49. The summed E-state index contributed by atoms with van der Waals surface area (Å²) in [5.41, 5.74) is 1.30. The summed E-state index contributed by atoms with van der Waals surface area (Å²) in [4.78, 5) is 14.0. The van der Waals surface area contributed by atoms with Crippen molar-refractivity contribution in [3.05, 3.63) is 35.9 Å². The SMILES string of the molecule is CCC1CCN(Cc2ccccc2)CC1=O. The smallest absolute Gasteiger partial charge is 0.149 e. The van der Waals surface area contributed by atoms with E-state index >= 15 is 0 Å². The summed E-state index contributed by atoms with van der Waals surface area (Å²) in [7, 11) is 0. The molecule has 2 rings (SSSR count). The van der Waals surface area contributed by atoms with Crippen molar-refractivity contribution in [3.8, 4) is 0 Å². The van der Waals surface area contributed by atoms with Crippen molar-refractivity contribution in [3.63, 3.8) is 0 Å². The van der Waals surface area contributed by atoms with E-state index in [0.29, 0.717) is 18.2 Å². The first-order valence-electron chi connectivity index (χ1n) is 6.08. The molecule has 2 heteroatoms. The van der Waals surface area contributed by atoms with Crippen LogP contribution in [0.25, 0.3) is 0 Å². The van der Waals surface area contributed by atoms with Crippen LogP contribution in [0, 0.1) is 5.92 Å². The maximum absolute atomic E-state index is 11.8. The molecular formula is C14H19NO. The second kappa shape index (κ2) is 5.26. The number of benzene rings is 1. The van der Waals surface area contributed by atoms with Crippen LogP contribution in [0.2, 0.25) is 0 Å². The molecule has 1 heterocycles. The zero-order valence-corrected chi connectivity index (χ0v) is 9.86. The van der Waals surface area contributed by atoms with E-state index in [1.807, 2.05) is 6.07 Å². The van der Waals surface area contributed by atoms with Gasteiger partial charge in [-0.05, 0) is 24.9 Å². The maximum Gasteiger partial charge on any atom is 0.149 e. The Balaban J connectivity index is 1.91. The van der Waals surface area contributed by atoms with Crippen molar-refractivity contribution < 1.29 is 4.79 Å². The highest BCUT2D eigenvalue weighted by Crippen LogP contribution is 2.18. The van der Waals surface area contributed by atoms with Gasteiger partial charge in [-0.15, -0.1) is 0 Å². The molecule has 1 atom stereocenters. The van der Waals surface area contributed by atoms with Gasteiger partial charge in [0, 0.05) is 12.5 Å². The summed E-state index contributed by atoms with van der Waals surface area (Å²) in [5, 5.41) is 0. The Kier molecular flexibility index (Phi) is 3.73. The number of ketones is 1. The number of carbonyl (C=O) groups excluding carboxylic acids is 1. The molecule has 0 spiro atoms. The Labute approximate surface area is 97.3 Å². The molecule has 1 fully saturated rings. The Morgan fingerprint density at radius 2 is 2.06 bits per heavy atom. The topological polar surface area (TPSA) is 20.3 Å². The average molecular weight is 217 g/mol. The molecule has 0 radical (unpaired) electrons. The second-order valence-corrected chi connectivity index (χ2v) is 4.56. The maximum atomic E-state index is 11.8. The summed E-state index contributed by atoms with van der Waals surface area (Å²) < 4.78 is 0. The first kappa shape index (κ1) is 11.3. The van der Waals surface area contributed by atoms with E-state index in [-0.39, 0.29) is 0 Å². The number of hydrogen-bond acceptors (Lipinski definition) is 2. The van der Waals surface area contributed by atoms with E-state index in [2.05, 4.69) is 36.1 Å². The van der Waals surface area contributed by atoms with Gasteiger partial charge in [0.2, 0.25) is 0 Å². The number of Topliss-reactive ketones (excluding diaryl/α,β-unsaturated/α-hetero) is 1. The van der Waals surface area contributed by atoms with Crippen LogP contribution in [0.1, 0.15) is 25.3 Å². The minimum atomic E-state index is 0.312. The van der Waals surface area contributed by atoms with Crippen molar-refractivity contribution in [2.75, 3.05) is 13.1 Å². The van der Waals surface area contributed by atoms with Gasteiger partial charge in [-0.2, -0.15) is 0 Å². The molecule has 1 aromatic carbocycles. The third kappa shape index (κ3) is 2.70. The van der Waals surface area contributed by atoms with Gasteiger partial charge in [-0.25, -0.2) is 0 Å². The summed E-state index contributed by atoms with van der Waals surface area (Å²) in [5.74, 6) is 0.733. The lowest BCUT2D eigenvalue weighted by Gasteiger charge is -2.30. The van der Waals surface area contributed by atoms with Gasteiger partial charge in [0.15, 0.2) is 0 Å². The van der Waals surface area contributed by atoms with Gasteiger partial charge >= 0.3 is 0 Å². The highest BCUT2D eigenvalue weighted by atomic mass is 16.1. The van der Waals surface area contributed by atoms with Crippen LogP contribution in [0.4, 0.5) is 0 Å². The molecular weight excluding hydrogens is 198 g/mol. The standard InChI is InChI=1S/C14H19NO/c1-2-13-8-9-15(11-14(13)16)10-12-6-4-3-5-7-12/h3-7,13H,2,8-11H2,1H3. The molecule has 16 heavy (non-hydrogen) atoms. The van der Waals surface area contributed by atoms with E-state index < -0.39 is 0 Å². The number of piperidine rings is 1. The van der Waals surface area contributed by atoms with Crippen molar-refractivity contribution in [2.45, 2.75) is 26.3 Å². The number of rotatable bonds is 3. The molecule has 0 amide bonds. The van der Waals surface area contributed by atoms with Crippen LogP contribution in [-0.2, 0) is 11.3 Å². The Morgan fingerprint density at radius 1 is 1.31 bits per heavy atom. The Morgan fingerprint density at radius 3 is 2.69 bits per heavy atom. The second-order valence-electron chi connectivity index (χ2n) is 4.56. The number of nitrogens with zero attached hydrogens (tertiary/aromatic N) is 1. The van der Waals surface area contributed by atoms with Crippen molar-refractivity contribution >= 4 is 5.78 Å². The lowest BCUT2D eigenvalue weighted by molar-refractivity contribution is -0.127. The highest BCUT2D eigenvalue weighted by molar-refractivity contribution is 5.83. The highest BCUT2D eigenvalue weighted by Gasteiger charge is 2.25. The van der Waals surface area contributed by atoms with E-state index in [9.17, 15) is 4.79 Å². The van der Waals surface area contributed by atoms with Crippen LogP contribution >= 0.6 is 0 Å². The fourth-order valence-corrected chi connectivity index (χ4v) is 2.34. The van der Waals surface area contributed by atoms with E-state index in [1.54, 1.807) is 0 Å². The van der Waals surface area contributed by atoms with Gasteiger partial charge < -0.3 is 0 Å². The van der Waals surface area contributed by atoms with E-state index in [4.69, 9.17) is 0 Å². The van der Waals surface area contributed by atoms with Crippen LogP contribution < -0.4 is 0 Å². The molecule has 1 aromatic rings. The molecule has 0 N–H and O–H groups in total. The molecule has 0 aliphatic carbocycles. The van der Waals surface area contributed by atoms with Gasteiger partial charge in [-0.1, -0.05) is 37.3 Å². The lowest BCUT2D eigenvalue weighted by atomic mass is 9.93. The zero-order chi connectivity index (χ0) is 11.4.